The Labute approximate surface area is 254 Å². The second-order valence-electron chi connectivity index (χ2n) is 12.6. The molecule has 2 aromatic carbocycles. The number of hydrogen-bond donors (Lipinski definition) is 3. The summed E-state index contributed by atoms with van der Waals surface area (Å²) in [6, 6.07) is 6.98. The van der Waals surface area contributed by atoms with Crippen LogP contribution in [-0.4, -0.2) is 48.9 Å². The first-order chi connectivity index (χ1) is 20.7. The van der Waals surface area contributed by atoms with Gasteiger partial charge in [-0.05, 0) is 87.8 Å². The first-order valence-electron chi connectivity index (χ1n) is 14.9. The van der Waals surface area contributed by atoms with Gasteiger partial charge in [0.05, 0.1) is 36.4 Å². The third kappa shape index (κ3) is 6.94. The Balaban J connectivity index is 1.44. The molecule has 2 aliphatic carbocycles. The van der Waals surface area contributed by atoms with E-state index < -0.39 is 46.9 Å². The molecule has 3 aliphatic rings. The summed E-state index contributed by atoms with van der Waals surface area (Å²) in [5.41, 5.74) is -0.347. The highest BCUT2D eigenvalue weighted by Crippen LogP contribution is 2.53. The SMILES string of the molecule is COc1ccc(CCC(C)(C)O)cc1C(=O)NC1C2CCC(/C2=C/C2CCOC2)C1C(=O)Nc1ccc(F)c(C(F)(F)F)c1. The molecule has 7 nitrogen and oxygen atoms in total. The van der Waals surface area contributed by atoms with Gasteiger partial charge in [-0.15, -0.1) is 0 Å². The highest BCUT2D eigenvalue weighted by molar-refractivity contribution is 5.99. The summed E-state index contributed by atoms with van der Waals surface area (Å²) < 4.78 is 65.0. The minimum atomic E-state index is -4.92. The number of rotatable bonds is 9. The molecule has 0 radical (unpaired) electrons. The lowest BCUT2D eigenvalue weighted by atomic mass is 9.83. The predicted octanol–water partition coefficient (Wildman–Crippen LogP) is 5.91. The number of alkyl halides is 3. The number of nitrogens with one attached hydrogen (secondary N) is 2. The van der Waals surface area contributed by atoms with Crippen molar-refractivity contribution >= 4 is 17.5 Å². The van der Waals surface area contributed by atoms with E-state index in [1.54, 1.807) is 26.0 Å². The lowest BCUT2D eigenvalue weighted by molar-refractivity contribution is -0.140. The number of benzene rings is 2. The number of fused-ring (bicyclic) bond motifs is 2. The lowest BCUT2D eigenvalue weighted by Crippen LogP contribution is -2.48. The van der Waals surface area contributed by atoms with Gasteiger partial charge in [0.1, 0.15) is 11.6 Å². The summed E-state index contributed by atoms with van der Waals surface area (Å²) in [4.78, 5) is 27.6. The van der Waals surface area contributed by atoms with Crippen LogP contribution in [0.2, 0.25) is 0 Å². The normalized spacial score (nSPS) is 25.8. The Morgan fingerprint density at radius 2 is 1.84 bits per heavy atom. The third-order valence-corrected chi connectivity index (χ3v) is 8.97. The molecule has 5 rings (SSSR count). The van der Waals surface area contributed by atoms with Gasteiger partial charge in [0.15, 0.2) is 0 Å². The highest BCUT2D eigenvalue weighted by atomic mass is 19.4. The molecule has 1 saturated heterocycles. The molecule has 0 aromatic heterocycles. The Morgan fingerprint density at radius 3 is 2.50 bits per heavy atom. The summed E-state index contributed by atoms with van der Waals surface area (Å²) in [5, 5.41) is 15.8. The molecule has 44 heavy (non-hydrogen) atoms. The number of aliphatic hydroxyl groups is 1. The van der Waals surface area contributed by atoms with Crippen LogP contribution in [0.3, 0.4) is 0 Å². The van der Waals surface area contributed by atoms with Gasteiger partial charge in [-0.25, -0.2) is 4.39 Å². The van der Waals surface area contributed by atoms with Crippen molar-refractivity contribution in [1.29, 1.82) is 0 Å². The molecule has 2 aromatic rings. The minimum absolute atomic E-state index is 0.136. The smallest absolute Gasteiger partial charge is 0.419 e. The fourth-order valence-electron chi connectivity index (χ4n) is 6.79. The largest absolute Gasteiger partial charge is 0.496 e. The van der Waals surface area contributed by atoms with Crippen LogP contribution in [0.25, 0.3) is 0 Å². The zero-order chi connectivity index (χ0) is 31.8. The molecule has 5 atom stereocenters. The monoisotopic (exact) mass is 618 g/mol. The fourth-order valence-corrected chi connectivity index (χ4v) is 6.79. The van der Waals surface area contributed by atoms with Crippen molar-refractivity contribution in [2.75, 3.05) is 25.6 Å². The number of anilines is 1. The van der Waals surface area contributed by atoms with Crippen molar-refractivity contribution < 1.29 is 41.7 Å². The van der Waals surface area contributed by atoms with Crippen molar-refractivity contribution in [3.63, 3.8) is 0 Å². The van der Waals surface area contributed by atoms with Crippen LogP contribution < -0.4 is 15.4 Å². The molecule has 1 aliphatic heterocycles. The molecule has 2 bridgehead atoms. The second-order valence-corrected chi connectivity index (χ2v) is 12.6. The van der Waals surface area contributed by atoms with Crippen molar-refractivity contribution in [3.8, 4) is 5.75 Å². The molecule has 2 amide bonds. The first-order valence-corrected chi connectivity index (χ1v) is 14.9. The maximum Gasteiger partial charge on any atom is 0.419 e. The van der Waals surface area contributed by atoms with Crippen LogP contribution in [0, 0.1) is 29.5 Å². The first kappa shape index (κ1) is 32.0. The number of methoxy groups -OCH3 is 1. The fraction of sp³-hybridized carbons (Fsp3) is 0.515. The topological polar surface area (TPSA) is 96.9 Å². The Hall–Kier alpha value is -3.44. The third-order valence-electron chi connectivity index (χ3n) is 8.97. The summed E-state index contributed by atoms with van der Waals surface area (Å²) in [6.07, 6.45) is 0.528. The molecule has 2 saturated carbocycles. The lowest BCUT2D eigenvalue weighted by Gasteiger charge is -2.30. The average Bonchev–Trinajstić information content (AvgIpc) is 3.68. The van der Waals surface area contributed by atoms with Gasteiger partial charge in [0, 0.05) is 30.2 Å². The van der Waals surface area contributed by atoms with E-state index in [0.29, 0.717) is 50.4 Å². The van der Waals surface area contributed by atoms with Crippen LogP contribution in [0.5, 0.6) is 5.75 Å². The molecule has 5 unspecified atom stereocenters. The summed E-state index contributed by atoms with van der Waals surface area (Å²) >= 11 is 0. The number of carbonyl (C=O) groups excluding carboxylic acids is 2. The zero-order valence-corrected chi connectivity index (χ0v) is 25.0. The highest BCUT2D eigenvalue weighted by Gasteiger charge is 2.55. The summed E-state index contributed by atoms with van der Waals surface area (Å²) in [5.74, 6) is -2.97. The maximum atomic E-state index is 13.9. The Kier molecular flexibility index (Phi) is 9.09. The van der Waals surface area contributed by atoms with Crippen LogP contribution >= 0.6 is 0 Å². The summed E-state index contributed by atoms with van der Waals surface area (Å²) in [7, 11) is 1.46. The molecular weight excluding hydrogens is 580 g/mol. The van der Waals surface area contributed by atoms with Crippen LogP contribution in [0.1, 0.15) is 61.0 Å². The van der Waals surface area contributed by atoms with Crippen LogP contribution in [-0.2, 0) is 22.1 Å². The standard InChI is InChI=1S/C33H38F4N2O5/c1-32(2,42)12-10-18-4-9-27(43-3)24(14-18)30(40)39-29-22-7-6-21(23(22)15-19-11-13-44-17-19)28(29)31(41)38-20-5-8-26(34)25(16-20)33(35,36)37/h4-5,8-9,14-16,19,21-22,28-29,42H,6-7,10-13,17H2,1-3H3,(H,38,41)(H,39,40)/b23-15-. The van der Waals surface area contributed by atoms with Gasteiger partial charge in [-0.2, -0.15) is 13.2 Å². The quantitative estimate of drug-likeness (QED) is 0.240. The van der Waals surface area contributed by atoms with E-state index >= 15 is 0 Å². The molecule has 1 heterocycles. The summed E-state index contributed by atoms with van der Waals surface area (Å²) in [6.45, 7) is 4.64. The van der Waals surface area contributed by atoms with Crippen molar-refractivity contribution in [2.24, 2.45) is 23.7 Å². The van der Waals surface area contributed by atoms with Crippen LogP contribution in [0.4, 0.5) is 23.2 Å². The minimum Gasteiger partial charge on any atom is -0.496 e. The zero-order valence-electron chi connectivity index (χ0n) is 25.0. The molecule has 238 valence electrons. The van der Waals surface area contributed by atoms with E-state index in [0.717, 1.165) is 30.0 Å². The second kappa shape index (κ2) is 12.5. The molecule has 11 heteroatoms. The molecule has 3 N–H and O–H groups in total. The van der Waals surface area contributed by atoms with Gasteiger partial charge in [-0.1, -0.05) is 17.7 Å². The van der Waals surface area contributed by atoms with E-state index in [1.807, 2.05) is 6.07 Å². The molecule has 0 spiro atoms. The number of hydrogen-bond acceptors (Lipinski definition) is 5. The van der Waals surface area contributed by atoms with Crippen molar-refractivity contribution in [3.05, 3.63) is 70.6 Å². The van der Waals surface area contributed by atoms with E-state index in [-0.39, 0.29) is 29.0 Å². The van der Waals surface area contributed by atoms with Gasteiger partial charge in [0.2, 0.25) is 5.91 Å². The Morgan fingerprint density at radius 1 is 1.09 bits per heavy atom. The Bertz CT molecular complexity index is 1430. The number of amides is 2. The predicted molar refractivity (Wildman–Crippen MR) is 156 cm³/mol. The number of ether oxygens (including phenoxy) is 2. The van der Waals surface area contributed by atoms with Gasteiger partial charge in [0.25, 0.3) is 5.91 Å². The van der Waals surface area contributed by atoms with Crippen molar-refractivity contribution in [1.82, 2.24) is 5.32 Å². The maximum absolute atomic E-state index is 13.9. The van der Waals surface area contributed by atoms with Crippen LogP contribution in [0.15, 0.2) is 48.0 Å². The van der Waals surface area contributed by atoms with E-state index in [9.17, 15) is 32.3 Å². The number of halogens is 4. The number of carbonyl (C=O) groups is 2. The number of aryl methyl sites for hydroxylation is 1. The van der Waals surface area contributed by atoms with E-state index in [2.05, 4.69) is 16.7 Å². The van der Waals surface area contributed by atoms with Gasteiger partial charge in [-0.3, -0.25) is 9.59 Å². The van der Waals surface area contributed by atoms with Gasteiger partial charge < -0.3 is 25.2 Å². The molecule has 3 fully saturated rings. The van der Waals surface area contributed by atoms with E-state index in [1.165, 1.54) is 7.11 Å². The average molecular weight is 619 g/mol. The molecular formula is C33H38F4N2O5. The van der Waals surface area contributed by atoms with Gasteiger partial charge >= 0.3 is 6.18 Å². The van der Waals surface area contributed by atoms with Crippen molar-refractivity contribution in [2.45, 2.75) is 63.8 Å². The van der Waals surface area contributed by atoms with E-state index in [4.69, 9.17) is 9.47 Å².